The zero-order chi connectivity index (χ0) is 20.2. The zero-order valence-electron chi connectivity index (χ0n) is 14.6. The first-order valence-electron chi connectivity index (χ1n) is 7.86. The first kappa shape index (κ1) is 20.7. The largest absolute Gasteiger partial charge is 0.350 e. The van der Waals surface area contributed by atoms with Crippen LogP contribution in [0.15, 0.2) is 48.5 Å². The smallest absolute Gasteiger partial charge is 0.271 e. The van der Waals surface area contributed by atoms with Crippen LogP contribution in [0, 0.1) is 10.1 Å². The molecule has 0 aromatic heterocycles. The number of benzene rings is 2. The lowest BCUT2D eigenvalue weighted by Gasteiger charge is -2.28. The average Bonchev–Trinajstić information content (AvgIpc) is 2.60. The second-order valence-corrected chi connectivity index (χ2v) is 8.09. The molecule has 0 spiro atoms. The number of nitro benzene ring substituents is 1. The predicted octanol–water partition coefficient (Wildman–Crippen LogP) is 2.72. The molecule has 2 aromatic rings. The first-order chi connectivity index (χ1) is 12.6. The minimum absolute atomic E-state index is 0.0343. The van der Waals surface area contributed by atoms with Crippen LogP contribution in [0.5, 0.6) is 0 Å². The molecular formula is C17H18ClN3O5S. The monoisotopic (exact) mass is 411 g/mol. The molecule has 27 heavy (non-hydrogen) atoms. The predicted molar refractivity (Wildman–Crippen MR) is 103 cm³/mol. The number of nitro groups is 1. The number of carbonyl (C=O) groups is 1. The van der Waals surface area contributed by atoms with E-state index < -0.39 is 26.9 Å². The van der Waals surface area contributed by atoms with Gasteiger partial charge in [-0.1, -0.05) is 35.9 Å². The maximum atomic E-state index is 12.5. The van der Waals surface area contributed by atoms with Crippen LogP contribution in [0.25, 0.3) is 0 Å². The van der Waals surface area contributed by atoms with Crippen LogP contribution in [-0.2, 0) is 21.4 Å². The van der Waals surface area contributed by atoms with Crippen LogP contribution in [0.3, 0.4) is 0 Å². The Morgan fingerprint density at radius 2 is 1.93 bits per heavy atom. The molecule has 0 heterocycles. The summed E-state index contributed by atoms with van der Waals surface area (Å²) in [6, 6.07) is 10.9. The molecule has 0 aliphatic carbocycles. The molecule has 1 atom stereocenters. The molecule has 0 bridgehead atoms. The lowest BCUT2D eigenvalue weighted by molar-refractivity contribution is -0.384. The van der Waals surface area contributed by atoms with Gasteiger partial charge in [-0.2, -0.15) is 0 Å². The highest BCUT2D eigenvalue weighted by Crippen LogP contribution is 2.25. The number of anilines is 1. The Bertz CT molecular complexity index is 965. The van der Waals surface area contributed by atoms with Gasteiger partial charge < -0.3 is 5.32 Å². The Labute approximate surface area is 162 Å². The molecule has 8 nitrogen and oxygen atoms in total. The lowest BCUT2D eigenvalue weighted by atomic mass is 10.2. The summed E-state index contributed by atoms with van der Waals surface area (Å²) in [6.45, 7) is 1.53. The number of hydrogen-bond acceptors (Lipinski definition) is 5. The van der Waals surface area contributed by atoms with Gasteiger partial charge in [-0.15, -0.1) is 0 Å². The van der Waals surface area contributed by atoms with Crippen LogP contribution in [0.1, 0.15) is 12.5 Å². The fraction of sp³-hybridized carbons (Fsp3) is 0.235. The summed E-state index contributed by atoms with van der Waals surface area (Å²) < 4.78 is 25.3. The number of nitrogens with zero attached hydrogens (tertiary/aromatic N) is 2. The molecule has 0 aliphatic heterocycles. The third-order valence-electron chi connectivity index (χ3n) is 3.79. The molecule has 0 radical (unpaired) electrons. The summed E-state index contributed by atoms with van der Waals surface area (Å²) >= 11 is 6.04. The van der Waals surface area contributed by atoms with E-state index in [-0.39, 0.29) is 17.9 Å². The van der Waals surface area contributed by atoms with Crippen molar-refractivity contribution >= 4 is 38.9 Å². The quantitative estimate of drug-likeness (QED) is 0.556. The van der Waals surface area contributed by atoms with E-state index in [9.17, 15) is 23.3 Å². The van der Waals surface area contributed by atoms with Gasteiger partial charge in [0.1, 0.15) is 6.04 Å². The number of nitrogens with one attached hydrogen (secondary N) is 1. The normalized spacial score (nSPS) is 12.3. The highest BCUT2D eigenvalue weighted by Gasteiger charge is 2.30. The number of amides is 1. The van der Waals surface area contributed by atoms with Gasteiger partial charge in [0, 0.05) is 23.7 Å². The van der Waals surface area contributed by atoms with E-state index in [1.807, 2.05) is 0 Å². The van der Waals surface area contributed by atoms with Gasteiger partial charge in [-0.25, -0.2) is 8.42 Å². The molecule has 0 aliphatic rings. The maximum absolute atomic E-state index is 12.5. The topological polar surface area (TPSA) is 110 Å². The first-order valence-corrected chi connectivity index (χ1v) is 10.1. The van der Waals surface area contributed by atoms with E-state index >= 15 is 0 Å². The van der Waals surface area contributed by atoms with E-state index in [0.29, 0.717) is 10.6 Å². The fourth-order valence-corrected chi connectivity index (χ4v) is 3.89. The van der Waals surface area contributed by atoms with Crippen molar-refractivity contribution in [3.05, 3.63) is 69.2 Å². The van der Waals surface area contributed by atoms with Crippen molar-refractivity contribution in [1.29, 1.82) is 0 Å². The molecule has 0 fully saturated rings. The third kappa shape index (κ3) is 5.18. The van der Waals surface area contributed by atoms with E-state index in [0.717, 1.165) is 16.6 Å². The number of halogens is 1. The van der Waals surface area contributed by atoms with Crippen molar-refractivity contribution < 1.29 is 18.1 Å². The Balaban J connectivity index is 2.26. The zero-order valence-corrected chi connectivity index (χ0v) is 16.2. The highest BCUT2D eigenvalue weighted by atomic mass is 35.5. The van der Waals surface area contributed by atoms with Crippen LogP contribution in [0.4, 0.5) is 11.4 Å². The summed E-state index contributed by atoms with van der Waals surface area (Å²) in [5.74, 6) is -0.563. The average molecular weight is 412 g/mol. The summed E-state index contributed by atoms with van der Waals surface area (Å²) in [4.78, 5) is 22.8. The van der Waals surface area contributed by atoms with Crippen molar-refractivity contribution in [1.82, 2.24) is 5.32 Å². The summed E-state index contributed by atoms with van der Waals surface area (Å²) in [5, 5.41) is 14.1. The molecule has 1 N–H and O–H groups in total. The molecule has 10 heteroatoms. The number of hydrogen-bond donors (Lipinski definition) is 1. The summed E-state index contributed by atoms with van der Waals surface area (Å²) in [5.41, 5.74) is 0.442. The van der Waals surface area contributed by atoms with Crippen LogP contribution >= 0.6 is 11.6 Å². The number of carbonyl (C=O) groups excluding carboxylic acids is 1. The standard InChI is InChI=1S/C17H18ClN3O5S/c1-12(17(22)19-11-13-6-3-4-9-16(13)18)20(27(2,25)26)14-7-5-8-15(10-14)21(23)24/h3-10,12H,11H2,1-2H3,(H,19,22). The molecule has 2 aromatic carbocycles. The SMILES string of the molecule is CC(C(=O)NCc1ccccc1Cl)N(c1cccc([N+](=O)[O-])c1)S(C)(=O)=O. The van der Waals surface area contributed by atoms with Crippen molar-refractivity contribution in [2.45, 2.75) is 19.5 Å². The Hall–Kier alpha value is -2.65. The Kier molecular flexibility index (Phi) is 6.40. The van der Waals surface area contributed by atoms with Gasteiger partial charge in [0.25, 0.3) is 5.69 Å². The Morgan fingerprint density at radius 1 is 1.26 bits per heavy atom. The van der Waals surface area contributed by atoms with Crippen molar-refractivity contribution in [3.63, 3.8) is 0 Å². The third-order valence-corrected chi connectivity index (χ3v) is 5.40. The van der Waals surface area contributed by atoms with Gasteiger partial charge in [0.2, 0.25) is 15.9 Å². The minimum Gasteiger partial charge on any atom is -0.350 e. The molecule has 2 rings (SSSR count). The number of sulfonamides is 1. The molecule has 0 saturated heterocycles. The van der Waals surface area contributed by atoms with Crippen LogP contribution in [-0.4, -0.2) is 31.5 Å². The van der Waals surface area contributed by atoms with Gasteiger partial charge in [-0.05, 0) is 24.6 Å². The van der Waals surface area contributed by atoms with Gasteiger partial charge in [0.15, 0.2) is 0 Å². The molecule has 144 valence electrons. The second kappa shape index (κ2) is 8.36. The van der Waals surface area contributed by atoms with Gasteiger partial charge in [-0.3, -0.25) is 19.2 Å². The Morgan fingerprint density at radius 3 is 2.52 bits per heavy atom. The molecule has 0 saturated carbocycles. The molecular weight excluding hydrogens is 394 g/mol. The van der Waals surface area contributed by atoms with E-state index in [2.05, 4.69) is 5.32 Å². The minimum atomic E-state index is -3.87. The van der Waals surface area contributed by atoms with Crippen LogP contribution in [0.2, 0.25) is 5.02 Å². The highest BCUT2D eigenvalue weighted by molar-refractivity contribution is 7.92. The lowest BCUT2D eigenvalue weighted by Crippen LogP contribution is -2.47. The second-order valence-electron chi connectivity index (χ2n) is 5.82. The van der Waals surface area contributed by atoms with Crippen molar-refractivity contribution in [3.8, 4) is 0 Å². The van der Waals surface area contributed by atoms with E-state index in [4.69, 9.17) is 11.6 Å². The van der Waals surface area contributed by atoms with Crippen molar-refractivity contribution in [2.24, 2.45) is 0 Å². The fourth-order valence-electron chi connectivity index (χ4n) is 2.52. The summed E-state index contributed by atoms with van der Waals surface area (Å²) in [6.07, 6.45) is 0.934. The molecule has 1 unspecified atom stereocenters. The van der Waals surface area contributed by atoms with Gasteiger partial charge >= 0.3 is 0 Å². The van der Waals surface area contributed by atoms with Crippen molar-refractivity contribution in [2.75, 3.05) is 10.6 Å². The number of rotatable bonds is 7. The van der Waals surface area contributed by atoms with E-state index in [1.54, 1.807) is 24.3 Å². The van der Waals surface area contributed by atoms with Crippen LogP contribution < -0.4 is 9.62 Å². The van der Waals surface area contributed by atoms with Gasteiger partial charge in [0.05, 0.1) is 16.9 Å². The number of non-ortho nitro benzene ring substituents is 1. The summed E-state index contributed by atoms with van der Waals surface area (Å²) in [7, 11) is -3.87. The maximum Gasteiger partial charge on any atom is 0.271 e. The molecule has 1 amide bonds. The van der Waals surface area contributed by atoms with E-state index in [1.165, 1.54) is 25.1 Å².